The van der Waals surface area contributed by atoms with E-state index in [1.54, 1.807) is 6.07 Å². The van der Waals surface area contributed by atoms with E-state index in [0.29, 0.717) is 17.5 Å². The van der Waals surface area contributed by atoms with E-state index in [1.807, 2.05) is 32.9 Å². The van der Waals surface area contributed by atoms with Gasteiger partial charge in [-0.2, -0.15) is 0 Å². The zero-order valence-electron chi connectivity index (χ0n) is 18.7. The van der Waals surface area contributed by atoms with Gasteiger partial charge in [0.15, 0.2) is 5.96 Å². The first kappa shape index (κ1) is 27.1. The van der Waals surface area contributed by atoms with Crippen LogP contribution in [0.5, 0.6) is 0 Å². The first-order chi connectivity index (χ1) is 13.9. The number of piperidine rings is 1. The Hall–Kier alpha value is -0.910. The topological polar surface area (TPSA) is 85.8 Å². The van der Waals surface area contributed by atoms with E-state index in [2.05, 4.69) is 32.2 Å². The number of aliphatic imine (C=N–C) groups is 1. The minimum Gasteiger partial charge on any atom is -0.357 e. The third-order valence-corrected chi connectivity index (χ3v) is 6.72. The molecular weight excluding hydrogens is 513 g/mol. The molecule has 1 fully saturated rings. The van der Waals surface area contributed by atoms with Crippen molar-refractivity contribution in [3.05, 3.63) is 29.3 Å². The molecule has 172 valence electrons. The number of nitrogens with zero attached hydrogens (tertiary/aromatic N) is 2. The molecule has 0 saturated carbocycles. The molecule has 1 heterocycles. The highest BCUT2D eigenvalue weighted by molar-refractivity contribution is 14.0. The van der Waals surface area contributed by atoms with E-state index >= 15 is 0 Å². The maximum atomic E-state index is 12.6. The number of aryl methyl sites for hydroxylation is 2. The van der Waals surface area contributed by atoms with Crippen LogP contribution < -0.4 is 15.4 Å². The van der Waals surface area contributed by atoms with Crippen LogP contribution in [0.3, 0.4) is 0 Å². The van der Waals surface area contributed by atoms with Gasteiger partial charge in [-0.3, -0.25) is 4.99 Å². The van der Waals surface area contributed by atoms with Crippen molar-refractivity contribution >= 4 is 40.0 Å². The Morgan fingerprint density at radius 2 is 1.90 bits per heavy atom. The number of hydrogen-bond donors (Lipinski definition) is 3. The summed E-state index contributed by atoms with van der Waals surface area (Å²) in [6, 6.07) is 5.87. The molecule has 1 saturated heterocycles. The predicted octanol–water partition coefficient (Wildman–Crippen LogP) is 2.63. The smallest absolute Gasteiger partial charge is 0.240 e. The zero-order chi connectivity index (χ0) is 21.3. The minimum absolute atomic E-state index is 0. The third kappa shape index (κ3) is 8.68. The first-order valence-corrected chi connectivity index (χ1v) is 12.2. The van der Waals surface area contributed by atoms with Gasteiger partial charge in [0.25, 0.3) is 0 Å². The lowest BCUT2D eigenvalue weighted by atomic mass is 10.1. The first-order valence-electron chi connectivity index (χ1n) is 10.7. The Labute approximate surface area is 199 Å². The van der Waals surface area contributed by atoms with Crippen LogP contribution in [0.2, 0.25) is 0 Å². The van der Waals surface area contributed by atoms with Gasteiger partial charge in [0.2, 0.25) is 10.0 Å². The van der Waals surface area contributed by atoms with E-state index < -0.39 is 10.0 Å². The van der Waals surface area contributed by atoms with Gasteiger partial charge in [-0.15, -0.1) is 24.0 Å². The minimum atomic E-state index is -3.53. The number of likely N-dealkylation sites (tertiary alicyclic amines) is 1. The van der Waals surface area contributed by atoms with E-state index in [-0.39, 0.29) is 30.5 Å². The van der Waals surface area contributed by atoms with E-state index in [1.165, 1.54) is 13.0 Å². The molecule has 0 amide bonds. The normalized spacial score (nSPS) is 16.2. The molecule has 0 aromatic heterocycles. The highest BCUT2D eigenvalue weighted by Crippen LogP contribution is 2.16. The number of halogens is 1. The van der Waals surface area contributed by atoms with Gasteiger partial charge in [0, 0.05) is 32.2 Å². The van der Waals surface area contributed by atoms with Gasteiger partial charge in [0.05, 0.1) is 11.4 Å². The second-order valence-corrected chi connectivity index (χ2v) is 9.42. The van der Waals surface area contributed by atoms with E-state index in [0.717, 1.165) is 49.6 Å². The van der Waals surface area contributed by atoms with Crippen LogP contribution in [0.1, 0.15) is 44.2 Å². The molecule has 9 heteroatoms. The SMILES string of the molecule is CCCN1CCC(NC(=NCCNS(=O)(=O)c2cc(C)ccc2C)NCC)CC1.I. The van der Waals surface area contributed by atoms with E-state index in [4.69, 9.17) is 0 Å². The molecule has 0 unspecified atom stereocenters. The van der Waals surface area contributed by atoms with Gasteiger partial charge in [0.1, 0.15) is 0 Å². The number of rotatable bonds is 9. The van der Waals surface area contributed by atoms with Crippen molar-refractivity contribution in [1.29, 1.82) is 0 Å². The van der Waals surface area contributed by atoms with Gasteiger partial charge >= 0.3 is 0 Å². The summed E-state index contributed by atoms with van der Waals surface area (Å²) in [6.07, 6.45) is 3.40. The number of benzene rings is 1. The molecule has 1 aliphatic heterocycles. The van der Waals surface area contributed by atoms with Gasteiger partial charge in [-0.05, 0) is 63.8 Å². The van der Waals surface area contributed by atoms with Gasteiger partial charge in [-0.25, -0.2) is 13.1 Å². The summed E-state index contributed by atoms with van der Waals surface area (Å²) >= 11 is 0. The second-order valence-electron chi connectivity index (χ2n) is 7.69. The van der Waals surface area contributed by atoms with Crippen LogP contribution in [-0.2, 0) is 10.0 Å². The van der Waals surface area contributed by atoms with Crippen LogP contribution in [0, 0.1) is 13.8 Å². The van der Waals surface area contributed by atoms with Crippen LogP contribution in [0.4, 0.5) is 0 Å². The molecule has 0 radical (unpaired) electrons. The third-order valence-electron chi connectivity index (χ3n) is 5.12. The summed E-state index contributed by atoms with van der Waals surface area (Å²) in [6.45, 7) is 12.8. The lowest BCUT2D eigenvalue weighted by molar-refractivity contribution is 0.206. The standard InChI is InChI=1S/C21H37N5O2S.HI/c1-5-13-26-14-9-19(10-15-26)25-21(22-6-2)23-11-12-24-29(27,28)20-16-17(3)7-8-18(20)4;/h7-8,16,19,24H,5-6,9-15H2,1-4H3,(H2,22,23,25);1H. The fourth-order valence-corrected chi connectivity index (χ4v) is 4.90. The predicted molar refractivity (Wildman–Crippen MR) is 135 cm³/mol. The average Bonchev–Trinajstić information content (AvgIpc) is 2.69. The van der Waals surface area contributed by atoms with Crippen molar-refractivity contribution in [2.24, 2.45) is 4.99 Å². The maximum absolute atomic E-state index is 12.6. The van der Waals surface area contributed by atoms with Crippen molar-refractivity contribution in [3.8, 4) is 0 Å². The highest BCUT2D eigenvalue weighted by atomic mass is 127. The van der Waals surface area contributed by atoms with Crippen LogP contribution >= 0.6 is 24.0 Å². The molecule has 3 N–H and O–H groups in total. The average molecular weight is 552 g/mol. The van der Waals surface area contributed by atoms with Crippen LogP contribution in [0.25, 0.3) is 0 Å². The Morgan fingerprint density at radius 1 is 1.20 bits per heavy atom. The molecule has 0 spiro atoms. The fourth-order valence-electron chi connectivity index (χ4n) is 3.55. The Balaban J connectivity index is 0.00000450. The summed E-state index contributed by atoms with van der Waals surface area (Å²) in [5, 5.41) is 6.76. The van der Waals surface area contributed by atoms with Crippen molar-refractivity contribution < 1.29 is 8.42 Å². The molecule has 7 nitrogen and oxygen atoms in total. The molecule has 30 heavy (non-hydrogen) atoms. The Kier molecular flexibility index (Phi) is 12.2. The van der Waals surface area contributed by atoms with Crippen LogP contribution in [-0.4, -0.2) is 64.6 Å². The largest absolute Gasteiger partial charge is 0.357 e. The highest BCUT2D eigenvalue weighted by Gasteiger charge is 2.19. The van der Waals surface area contributed by atoms with Crippen molar-refractivity contribution in [1.82, 2.24) is 20.3 Å². The number of nitrogens with one attached hydrogen (secondary N) is 3. The molecule has 0 atom stereocenters. The lowest BCUT2D eigenvalue weighted by Crippen LogP contribution is -2.49. The van der Waals surface area contributed by atoms with Crippen molar-refractivity contribution in [2.75, 3.05) is 39.3 Å². The zero-order valence-corrected chi connectivity index (χ0v) is 21.8. The number of guanidine groups is 1. The molecule has 1 aliphatic rings. The summed E-state index contributed by atoms with van der Waals surface area (Å²) < 4.78 is 27.8. The van der Waals surface area contributed by atoms with Crippen LogP contribution in [0.15, 0.2) is 28.1 Å². The van der Waals surface area contributed by atoms with E-state index in [9.17, 15) is 8.42 Å². The molecule has 1 aromatic rings. The van der Waals surface area contributed by atoms with Crippen molar-refractivity contribution in [2.45, 2.75) is 57.9 Å². The molecule has 1 aromatic carbocycles. The summed E-state index contributed by atoms with van der Waals surface area (Å²) in [7, 11) is -3.53. The molecule has 0 aliphatic carbocycles. The number of sulfonamides is 1. The molecule has 2 rings (SSSR count). The Morgan fingerprint density at radius 3 is 2.53 bits per heavy atom. The quantitative estimate of drug-likeness (QED) is 0.190. The lowest BCUT2D eigenvalue weighted by Gasteiger charge is -2.32. The Bertz CT molecular complexity index is 778. The summed E-state index contributed by atoms with van der Waals surface area (Å²) in [4.78, 5) is 7.40. The van der Waals surface area contributed by atoms with Gasteiger partial charge < -0.3 is 15.5 Å². The summed E-state index contributed by atoms with van der Waals surface area (Å²) in [5.41, 5.74) is 1.67. The molecular formula is C21H38IN5O2S. The fraction of sp³-hybridized carbons (Fsp3) is 0.667. The van der Waals surface area contributed by atoms with Crippen molar-refractivity contribution in [3.63, 3.8) is 0 Å². The molecule has 0 bridgehead atoms. The second kappa shape index (κ2) is 13.5. The van der Waals surface area contributed by atoms with Gasteiger partial charge in [-0.1, -0.05) is 19.1 Å². The maximum Gasteiger partial charge on any atom is 0.240 e. The summed E-state index contributed by atoms with van der Waals surface area (Å²) in [5.74, 6) is 0.757. The monoisotopic (exact) mass is 551 g/mol. The number of hydrogen-bond acceptors (Lipinski definition) is 4.